The summed E-state index contributed by atoms with van der Waals surface area (Å²) in [5.41, 5.74) is -19.6. The van der Waals surface area contributed by atoms with E-state index >= 15 is 0 Å². The molecule has 2 aliphatic rings. The van der Waals surface area contributed by atoms with E-state index in [1.807, 2.05) is 0 Å². The fourth-order valence-electron chi connectivity index (χ4n) is 5.99. The predicted octanol–water partition coefficient (Wildman–Crippen LogP) is -8.41. The van der Waals surface area contributed by atoms with Crippen LogP contribution in [0.3, 0.4) is 0 Å². The first-order valence-electron chi connectivity index (χ1n) is 13.5. The van der Waals surface area contributed by atoms with E-state index in [1.165, 1.54) is 0 Å². The van der Waals surface area contributed by atoms with Crippen molar-refractivity contribution in [3.63, 3.8) is 0 Å². The van der Waals surface area contributed by atoms with Crippen LogP contribution in [0.2, 0.25) is 0 Å². The van der Waals surface area contributed by atoms with Gasteiger partial charge in [0, 0.05) is 9.79 Å². The Morgan fingerprint density at radius 1 is 0.552 bits per heavy atom. The van der Waals surface area contributed by atoms with Gasteiger partial charge >= 0.3 is 50.6 Å². The Kier molecular flexibility index (Phi) is 12.8. The van der Waals surface area contributed by atoms with E-state index in [9.17, 15) is 132 Å². The van der Waals surface area contributed by atoms with Gasteiger partial charge in [0.25, 0.3) is 44.9 Å². The van der Waals surface area contributed by atoms with E-state index in [-0.39, 0.29) is 4.90 Å². The lowest BCUT2D eigenvalue weighted by atomic mass is 9.73. The molecule has 0 aliphatic carbocycles. The number of ether oxygens (including phenoxy) is 2. The summed E-state index contributed by atoms with van der Waals surface area (Å²) in [6, 6.07) is 3.62. The van der Waals surface area contributed by atoms with Crippen molar-refractivity contribution in [3.8, 4) is 0 Å². The molecule has 0 amide bonds. The molecule has 0 bridgehead atoms. The molecule has 338 valence electrons. The molecule has 0 radical (unpaired) electrons. The lowest BCUT2D eigenvalue weighted by molar-refractivity contribution is -0.375. The number of aliphatic hydroxyl groups is 8. The van der Waals surface area contributed by atoms with E-state index in [2.05, 4.69) is 17.4 Å². The Labute approximate surface area is 333 Å². The average molecular weight is 1030 g/mol. The van der Waals surface area contributed by atoms with Gasteiger partial charge in [-0.05, 0) is 18.2 Å². The largest absolute Gasteiger partial charge is 0.380 e. The minimum absolute atomic E-state index is 0.194. The Hall–Kier alpha value is -1.11. The smallest absolute Gasteiger partial charge is 0.303 e. The minimum atomic E-state index is -8.08. The van der Waals surface area contributed by atoms with Gasteiger partial charge in [-0.2, -0.15) is 58.9 Å². The highest BCUT2D eigenvalue weighted by atomic mass is 32.3. The first-order chi connectivity index (χ1) is 25.3. The maximum atomic E-state index is 13.3. The van der Waals surface area contributed by atoms with E-state index in [1.54, 1.807) is 0 Å². The summed E-state index contributed by atoms with van der Waals surface area (Å²) in [5, 5.41) is 90.7. The fraction of sp³-hybridized carbons (Fsp3) is 0.667. The van der Waals surface area contributed by atoms with Crippen molar-refractivity contribution in [1.29, 1.82) is 0 Å². The van der Waals surface area contributed by atoms with Crippen molar-refractivity contribution >= 4 is 95.2 Å². The third kappa shape index (κ3) is 6.91. The van der Waals surface area contributed by atoms with E-state index < -0.39 is 152 Å². The minimum Gasteiger partial charge on any atom is -0.380 e. The second kappa shape index (κ2) is 14.5. The zero-order chi connectivity index (χ0) is 46.1. The summed E-state index contributed by atoms with van der Waals surface area (Å²) >= 11 is 3.24. The summed E-state index contributed by atoms with van der Waals surface area (Å²) in [6.45, 7) is 0. The summed E-state index contributed by atoms with van der Waals surface area (Å²) in [5.74, 6) is 0. The summed E-state index contributed by atoms with van der Waals surface area (Å²) in [4.78, 5) is -33.5. The highest BCUT2D eigenvalue weighted by molar-refractivity contribution is 8.01. The second-order valence-corrected chi connectivity index (χ2v) is 24.3. The lowest BCUT2D eigenvalue weighted by Gasteiger charge is -2.64. The molecule has 0 aromatic heterocycles. The van der Waals surface area contributed by atoms with Crippen LogP contribution in [0.5, 0.6) is 0 Å². The van der Waals surface area contributed by atoms with Gasteiger partial charge in [-0.25, -0.2) is 0 Å². The van der Waals surface area contributed by atoms with Crippen molar-refractivity contribution in [1.82, 2.24) is 0 Å². The number of thiol groups is 1. The number of hydrogen-bond donors (Lipinski definition) is 16. The van der Waals surface area contributed by atoms with Crippen molar-refractivity contribution in [3.05, 3.63) is 24.3 Å². The highest BCUT2D eigenvalue weighted by Crippen LogP contribution is 2.62. The third-order valence-electron chi connectivity index (χ3n) is 8.56. The summed E-state index contributed by atoms with van der Waals surface area (Å²) in [7, 11) is -52.9. The Bertz CT molecular complexity index is 2650. The van der Waals surface area contributed by atoms with Crippen LogP contribution in [0, 0.1) is 0 Å². The quantitative estimate of drug-likeness (QED) is 0.0683. The van der Waals surface area contributed by atoms with Gasteiger partial charge in [0.2, 0.25) is 10.9 Å². The maximum absolute atomic E-state index is 13.3. The fourth-order valence-corrected chi connectivity index (χ4v) is 16.1. The van der Waals surface area contributed by atoms with Crippen LogP contribution in [0.15, 0.2) is 34.1 Å². The van der Waals surface area contributed by atoms with Crippen LogP contribution in [-0.2, 0) is 80.3 Å². The normalized spacial score (nSPS) is 38.5. The van der Waals surface area contributed by atoms with Crippen LogP contribution in [0.1, 0.15) is 0 Å². The van der Waals surface area contributed by atoms with Gasteiger partial charge in [0.1, 0.15) is 12.2 Å². The average Bonchev–Trinajstić information content (AvgIpc) is 2.99. The number of aliphatic hydroxyl groups excluding tert-OH is 2. The molecule has 15 N–H and O–H groups in total. The van der Waals surface area contributed by atoms with Gasteiger partial charge in [-0.3, -0.25) is 31.9 Å². The Morgan fingerprint density at radius 3 is 1.29 bits per heavy atom. The van der Waals surface area contributed by atoms with E-state index in [4.69, 9.17) is 4.74 Å². The molecule has 3 rings (SSSR count). The van der Waals surface area contributed by atoms with Crippen molar-refractivity contribution in [2.24, 2.45) is 0 Å². The molecule has 2 saturated heterocycles. The van der Waals surface area contributed by atoms with Gasteiger partial charge in [0.05, 0.1) is 0 Å². The van der Waals surface area contributed by atoms with Gasteiger partial charge in [-0.1, -0.05) is 17.8 Å². The van der Waals surface area contributed by atoms with Gasteiger partial charge < -0.3 is 50.3 Å². The summed E-state index contributed by atoms with van der Waals surface area (Å²) < 4.78 is 257. The zero-order valence-corrected chi connectivity index (χ0v) is 34.2. The molecule has 31 nitrogen and oxygen atoms in total. The molecule has 0 spiro atoms. The molecule has 2 heterocycles. The Balaban J connectivity index is 2.94. The first kappa shape index (κ1) is 51.2. The summed E-state index contributed by atoms with van der Waals surface area (Å²) in [6.07, 6.45) is -15.3. The molecule has 1 aromatic rings. The topological polar surface area (TPSA) is 561 Å². The number of hydrogen-bond acceptors (Lipinski definition) is 26. The van der Waals surface area contributed by atoms with Gasteiger partial charge in [-0.15, -0.1) is 12.6 Å². The molecule has 58 heavy (non-hydrogen) atoms. The molecule has 2 unspecified atom stereocenters. The second-order valence-electron chi connectivity index (χ2n) is 11.8. The molecule has 1 aromatic carbocycles. The third-order valence-corrected chi connectivity index (χ3v) is 18.9. The van der Waals surface area contributed by atoms with E-state index in [0.717, 1.165) is 24.3 Å². The number of thioether (sulfide) groups is 1. The van der Waals surface area contributed by atoms with Gasteiger partial charge in [0.15, 0.2) is 17.1 Å². The number of rotatable bonds is 12. The molecule has 40 heteroatoms. The van der Waals surface area contributed by atoms with Crippen LogP contribution in [0.25, 0.3) is 0 Å². The molecule has 2 aliphatic heterocycles. The highest BCUT2D eigenvalue weighted by Gasteiger charge is 2.95. The van der Waals surface area contributed by atoms with Crippen molar-refractivity contribution in [2.45, 2.75) is 74.7 Å². The van der Waals surface area contributed by atoms with E-state index in [0.29, 0.717) is 0 Å². The SMILES string of the molecule is O=S(=O)(O)C(O)[C@H]1O[C@@H](Sc2cccc(S)c2)[C@@](O)(S(=O)(=O)O)[C@](O)(S(=O)(=O)O)[C@@]1(O)[C@@H]1O[C@H](C(O)S(=O)(=O)O)[C@](O)(S(=O)(=O)O)[C@@](O)(S(=O)(=O)O)[C@]1(O)S(=O)(=O)O. The van der Waals surface area contributed by atoms with Crippen LogP contribution in [0.4, 0.5) is 0 Å². The maximum Gasteiger partial charge on any atom is 0.303 e. The zero-order valence-electron chi connectivity index (χ0n) is 26.7. The Morgan fingerprint density at radius 2 is 0.948 bits per heavy atom. The number of benzene rings is 1. The van der Waals surface area contributed by atoms with Crippen LogP contribution >= 0.6 is 24.4 Å². The first-order valence-corrected chi connectivity index (χ1v) is 25.0. The van der Waals surface area contributed by atoms with Crippen LogP contribution < -0.4 is 0 Å². The van der Waals surface area contributed by atoms with Crippen molar-refractivity contribution in [2.75, 3.05) is 0 Å². The lowest BCUT2D eigenvalue weighted by Crippen LogP contribution is -2.95. The predicted molar refractivity (Wildman–Crippen MR) is 179 cm³/mol. The molecule has 2 fully saturated rings. The monoisotopic (exact) mass is 1030 g/mol. The molecular weight excluding hydrogens is 1000 g/mol. The molecular formula is C18H26O31S9. The van der Waals surface area contributed by atoms with Crippen LogP contribution in [-0.4, -0.2) is 197 Å². The molecule has 0 saturated carbocycles. The van der Waals surface area contributed by atoms with Crippen molar-refractivity contribution < 1.29 is 141 Å². The standard InChI is InChI=1S/C18H26O31S9/c19-9(52(27,28)29)7-13(21,17(25,57(42,43)44)16(24,56(39,40)41)12(49-7)51-6-3-1-2-5(50)4-6)11-15(23,55(36,37)38)18(26,58(45,46)47)14(22,54(33,34)35)8(48-11)10(20)53(30,31)32/h1-4,7-12,19-26,50H,(H,27,28,29)(H,30,31,32)(H,33,34,35)(H,36,37,38)(H,39,40,41)(H,42,43,44)(H,45,46,47)/t7-,8-,9?,10?,11+,12+,13+,14+,15-,16-,17-,18-/m1/s1. The molecule has 12 atom stereocenters.